The molecule has 2 amide bonds. The van der Waals surface area contributed by atoms with Crippen molar-refractivity contribution in [3.8, 4) is 0 Å². The first-order valence-electron chi connectivity index (χ1n) is 11.9. The first-order chi connectivity index (χ1) is 16.6. The van der Waals surface area contributed by atoms with Crippen LogP contribution in [0.15, 0.2) is 48.5 Å². The molecule has 0 bridgehead atoms. The molecule has 196 valence electrons. The first kappa shape index (κ1) is 28.0. The summed E-state index contributed by atoms with van der Waals surface area (Å²) in [6.07, 6.45) is -4.48. The molecule has 1 aliphatic heterocycles. The van der Waals surface area contributed by atoms with Gasteiger partial charge in [-0.2, -0.15) is 13.2 Å². The van der Waals surface area contributed by atoms with Gasteiger partial charge in [0.25, 0.3) is 0 Å². The number of halogens is 4. The lowest BCUT2D eigenvalue weighted by Crippen LogP contribution is -2.60. The van der Waals surface area contributed by atoms with Crippen LogP contribution in [0.1, 0.15) is 50.8 Å². The maximum absolute atomic E-state index is 13.5. The minimum atomic E-state index is -4.50. The Morgan fingerprint density at radius 3 is 2.33 bits per heavy atom. The second-order valence-electron chi connectivity index (χ2n) is 10.4. The third kappa shape index (κ3) is 6.03. The number of hydrogen-bond acceptors (Lipinski definition) is 3. The van der Waals surface area contributed by atoms with Gasteiger partial charge in [-0.05, 0) is 41.7 Å². The summed E-state index contributed by atoms with van der Waals surface area (Å²) >= 11 is 6.00. The number of rotatable bonds is 6. The van der Waals surface area contributed by atoms with Gasteiger partial charge in [0.15, 0.2) is 0 Å². The molecule has 2 N–H and O–H groups in total. The Kier molecular flexibility index (Phi) is 8.10. The molecule has 1 aliphatic rings. The highest BCUT2D eigenvalue weighted by molar-refractivity contribution is 6.30. The molecule has 2 aromatic carbocycles. The molecule has 5 nitrogen and oxygen atoms in total. The maximum Gasteiger partial charge on any atom is 0.416 e. The Morgan fingerprint density at radius 1 is 1.14 bits per heavy atom. The van der Waals surface area contributed by atoms with Crippen LogP contribution in [0.2, 0.25) is 5.02 Å². The Balaban J connectivity index is 1.71. The molecule has 1 fully saturated rings. The number of amides is 2. The molecule has 2 aromatic rings. The number of nitrogens with one attached hydrogen (secondary N) is 1. The van der Waals surface area contributed by atoms with E-state index in [4.69, 9.17) is 11.6 Å². The SMILES string of the molecule is CC(C)[C@@H](NC(=O)Cc1cccc(C(F)(F)F)c1)C(=O)N1CC[C@](O)(c2ccc(Cl)cc2)C(C)(C)C1. The van der Waals surface area contributed by atoms with E-state index in [1.165, 1.54) is 12.1 Å². The van der Waals surface area contributed by atoms with Crippen LogP contribution in [0.3, 0.4) is 0 Å². The largest absolute Gasteiger partial charge is 0.416 e. The lowest BCUT2D eigenvalue weighted by molar-refractivity contribution is -0.156. The fourth-order valence-electron chi connectivity index (χ4n) is 4.75. The van der Waals surface area contributed by atoms with Crippen molar-refractivity contribution in [3.63, 3.8) is 0 Å². The summed E-state index contributed by atoms with van der Waals surface area (Å²) in [5.41, 5.74) is -1.76. The van der Waals surface area contributed by atoms with E-state index in [-0.39, 0.29) is 36.9 Å². The summed E-state index contributed by atoms with van der Waals surface area (Å²) < 4.78 is 39.0. The number of alkyl halides is 3. The topological polar surface area (TPSA) is 69.6 Å². The Hall–Kier alpha value is -2.58. The lowest BCUT2D eigenvalue weighted by Gasteiger charge is -2.51. The molecular weight excluding hydrogens is 493 g/mol. The number of nitrogens with zero attached hydrogens (tertiary/aromatic N) is 1. The zero-order valence-corrected chi connectivity index (χ0v) is 21.6. The smallest absolute Gasteiger partial charge is 0.384 e. The van der Waals surface area contributed by atoms with E-state index in [1.807, 2.05) is 13.8 Å². The van der Waals surface area contributed by atoms with E-state index in [0.717, 1.165) is 17.7 Å². The molecule has 0 radical (unpaired) electrons. The van der Waals surface area contributed by atoms with Crippen LogP contribution >= 0.6 is 11.6 Å². The van der Waals surface area contributed by atoms with Crippen LogP contribution in [0.5, 0.6) is 0 Å². The quantitative estimate of drug-likeness (QED) is 0.546. The van der Waals surface area contributed by atoms with Crippen LogP contribution in [-0.2, 0) is 27.8 Å². The van der Waals surface area contributed by atoms with Crippen molar-refractivity contribution in [2.24, 2.45) is 11.3 Å². The summed E-state index contributed by atoms with van der Waals surface area (Å²) in [7, 11) is 0. The second-order valence-corrected chi connectivity index (χ2v) is 10.9. The van der Waals surface area contributed by atoms with Crippen LogP contribution < -0.4 is 5.32 Å². The van der Waals surface area contributed by atoms with Gasteiger partial charge < -0.3 is 15.3 Å². The number of carbonyl (C=O) groups is 2. The molecule has 0 aromatic heterocycles. The van der Waals surface area contributed by atoms with Crippen LogP contribution in [0.4, 0.5) is 13.2 Å². The fourth-order valence-corrected chi connectivity index (χ4v) is 4.87. The van der Waals surface area contributed by atoms with E-state index >= 15 is 0 Å². The van der Waals surface area contributed by atoms with Crippen molar-refractivity contribution in [2.75, 3.05) is 13.1 Å². The Labute approximate surface area is 214 Å². The number of aliphatic hydroxyl groups is 1. The van der Waals surface area contributed by atoms with Gasteiger partial charge >= 0.3 is 6.18 Å². The van der Waals surface area contributed by atoms with Crippen molar-refractivity contribution >= 4 is 23.4 Å². The van der Waals surface area contributed by atoms with E-state index in [1.54, 1.807) is 43.0 Å². The van der Waals surface area contributed by atoms with Gasteiger partial charge in [0.1, 0.15) is 6.04 Å². The zero-order valence-electron chi connectivity index (χ0n) is 20.8. The number of benzene rings is 2. The maximum atomic E-state index is 13.5. The molecule has 0 saturated carbocycles. The normalized spacial score (nSPS) is 20.8. The highest BCUT2D eigenvalue weighted by atomic mass is 35.5. The van der Waals surface area contributed by atoms with Crippen molar-refractivity contribution in [3.05, 3.63) is 70.2 Å². The highest BCUT2D eigenvalue weighted by Crippen LogP contribution is 2.46. The molecule has 9 heteroatoms. The average Bonchev–Trinajstić information content (AvgIpc) is 2.78. The van der Waals surface area contributed by atoms with E-state index in [2.05, 4.69) is 5.32 Å². The number of hydrogen-bond donors (Lipinski definition) is 2. The first-order valence-corrected chi connectivity index (χ1v) is 12.2. The molecule has 3 rings (SSSR count). The van der Waals surface area contributed by atoms with Gasteiger partial charge in [-0.15, -0.1) is 0 Å². The minimum absolute atomic E-state index is 0.212. The van der Waals surface area contributed by atoms with Crippen LogP contribution in [0, 0.1) is 11.3 Å². The molecule has 36 heavy (non-hydrogen) atoms. The molecule has 1 saturated heterocycles. The van der Waals surface area contributed by atoms with Crippen LogP contribution in [-0.4, -0.2) is 41.0 Å². The monoisotopic (exact) mass is 524 g/mol. The van der Waals surface area contributed by atoms with Crippen molar-refractivity contribution in [2.45, 2.75) is 58.4 Å². The summed E-state index contributed by atoms with van der Waals surface area (Å²) in [6, 6.07) is 10.8. The third-order valence-electron chi connectivity index (χ3n) is 6.95. The predicted molar refractivity (Wildman–Crippen MR) is 132 cm³/mol. The van der Waals surface area contributed by atoms with Gasteiger partial charge in [-0.3, -0.25) is 9.59 Å². The fraction of sp³-hybridized carbons (Fsp3) is 0.481. The second kappa shape index (κ2) is 10.4. The molecule has 0 aliphatic carbocycles. The highest BCUT2D eigenvalue weighted by Gasteiger charge is 2.50. The summed E-state index contributed by atoms with van der Waals surface area (Å²) in [4.78, 5) is 27.8. The van der Waals surface area contributed by atoms with Gasteiger partial charge in [0.2, 0.25) is 11.8 Å². The lowest BCUT2D eigenvalue weighted by atomic mass is 9.66. The molecular formula is C27H32ClF3N2O3. The minimum Gasteiger partial charge on any atom is -0.384 e. The van der Waals surface area contributed by atoms with E-state index < -0.39 is 34.7 Å². The average molecular weight is 525 g/mol. The number of likely N-dealkylation sites (tertiary alicyclic amines) is 1. The van der Waals surface area contributed by atoms with E-state index in [0.29, 0.717) is 11.4 Å². The summed E-state index contributed by atoms with van der Waals surface area (Å²) in [5, 5.41) is 14.8. The predicted octanol–water partition coefficient (Wildman–Crippen LogP) is 5.19. The Morgan fingerprint density at radius 2 is 1.78 bits per heavy atom. The van der Waals surface area contributed by atoms with Gasteiger partial charge in [-0.1, -0.05) is 69.6 Å². The molecule has 1 heterocycles. The van der Waals surface area contributed by atoms with Crippen molar-refractivity contribution in [1.82, 2.24) is 10.2 Å². The van der Waals surface area contributed by atoms with Gasteiger partial charge in [-0.25, -0.2) is 0 Å². The zero-order chi connectivity index (χ0) is 26.9. The summed E-state index contributed by atoms with van der Waals surface area (Å²) in [5.74, 6) is -1.06. The van der Waals surface area contributed by atoms with Gasteiger partial charge in [0, 0.05) is 23.5 Å². The number of carbonyl (C=O) groups excluding carboxylic acids is 2. The van der Waals surface area contributed by atoms with Crippen LogP contribution in [0.25, 0.3) is 0 Å². The van der Waals surface area contributed by atoms with Crippen molar-refractivity contribution < 1.29 is 27.9 Å². The number of piperidine rings is 1. The van der Waals surface area contributed by atoms with E-state index in [9.17, 15) is 27.9 Å². The molecule has 0 spiro atoms. The Bertz CT molecular complexity index is 1100. The molecule has 2 atom stereocenters. The summed E-state index contributed by atoms with van der Waals surface area (Å²) in [6.45, 7) is 7.92. The standard InChI is InChI=1S/C27H32ClF3N2O3/c1-17(2)23(32-22(34)15-18-6-5-7-20(14-18)27(29,30)31)24(35)33-13-12-26(36,25(3,4)16-33)19-8-10-21(28)11-9-19/h5-11,14,17,23,36H,12-13,15-16H2,1-4H3,(H,32,34)/t23-,26+/m1/s1. The van der Waals surface area contributed by atoms with Crippen molar-refractivity contribution in [1.29, 1.82) is 0 Å². The third-order valence-corrected chi connectivity index (χ3v) is 7.20. The molecule has 0 unspecified atom stereocenters. The van der Waals surface area contributed by atoms with Gasteiger partial charge in [0.05, 0.1) is 17.6 Å².